The fourth-order valence-electron chi connectivity index (χ4n) is 1.73. The van der Waals surface area contributed by atoms with Crippen molar-refractivity contribution in [1.82, 2.24) is 0 Å². The lowest BCUT2D eigenvalue weighted by atomic mass is 10.1. The zero-order valence-corrected chi connectivity index (χ0v) is 11.4. The Morgan fingerprint density at radius 3 is 2.59 bits per heavy atom. The predicted molar refractivity (Wildman–Crippen MR) is 77.6 cm³/mol. The van der Waals surface area contributed by atoms with Gasteiger partial charge in [-0.15, -0.1) is 16.5 Å². The van der Waals surface area contributed by atoms with E-state index in [9.17, 15) is 14.9 Å². The summed E-state index contributed by atoms with van der Waals surface area (Å²) in [5, 5.41) is 9.28. The second-order valence-electron chi connectivity index (χ2n) is 4.23. The number of hydrogen-bond donors (Lipinski definition) is 0. The molecule has 6 nitrogen and oxygen atoms in total. The fourth-order valence-corrected chi connectivity index (χ4v) is 1.73. The molecule has 6 heteroatoms. The number of rotatable bonds is 5. The Kier molecular flexibility index (Phi) is 4.73. The summed E-state index contributed by atoms with van der Waals surface area (Å²) in [7, 11) is 0. The topological polar surface area (TPSA) is 78.7 Å². The van der Waals surface area contributed by atoms with Crippen molar-refractivity contribution in [2.45, 2.75) is 6.61 Å². The van der Waals surface area contributed by atoms with E-state index in [0.717, 1.165) is 0 Å². The van der Waals surface area contributed by atoms with Crippen molar-refractivity contribution < 1.29 is 19.5 Å². The fraction of sp³-hybridized carbons (Fsp3) is 0.0625. The molecule has 2 aromatic rings. The third-order valence-corrected chi connectivity index (χ3v) is 2.75. The molecule has 0 unspecified atom stereocenters. The highest BCUT2D eigenvalue weighted by Gasteiger charge is 2.11. The van der Waals surface area contributed by atoms with Crippen LogP contribution in [0.4, 0.5) is 0 Å². The van der Waals surface area contributed by atoms with E-state index in [2.05, 4.69) is 10.8 Å². The van der Waals surface area contributed by atoms with E-state index in [-0.39, 0.29) is 12.4 Å². The summed E-state index contributed by atoms with van der Waals surface area (Å²) in [4.78, 5) is 26.4. The van der Waals surface area contributed by atoms with Crippen molar-refractivity contribution >= 4 is 5.97 Å². The van der Waals surface area contributed by atoms with Gasteiger partial charge in [0.2, 0.25) is 0 Å². The smallest absolute Gasteiger partial charge is 0.343 e. The molecule has 2 aromatic carbocycles. The van der Waals surface area contributed by atoms with Crippen LogP contribution in [-0.4, -0.2) is 11.1 Å². The minimum atomic E-state index is -0.890. The summed E-state index contributed by atoms with van der Waals surface area (Å²) in [5.41, 5.74) is 1.21. The van der Waals surface area contributed by atoms with Crippen molar-refractivity contribution in [3.63, 3.8) is 0 Å². The van der Waals surface area contributed by atoms with Crippen LogP contribution in [0.25, 0.3) is 0 Å². The number of carbonyl (C=O) groups is 1. The van der Waals surface area contributed by atoms with Gasteiger partial charge in [-0.3, -0.25) is 0 Å². The number of terminal acetylenes is 1. The van der Waals surface area contributed by atoms with E-state index in [1.165, 1.54) is 18.2 Å². The van der Waals surface area contributed by atoms with Crippen LogP contribution in [-0.2, 0) is 11.4 Å². The van der Waals surface area contributed by atoms with E-state index in [1.54, 1.807) is 30.3 Å². The third kappa shape index (κ3) is 3.84. The molecule has 0 atom stereocenters. The molecule has 0 saturated heterocycles. The van der Waals surface area contributed by atoms with E-state index >= 15 is 0 Å². The molecule has 0 bridgehead atoms. The summed E-state index contributed by atoms with van der Waals surface area (Å²) in [6, 6.07) is 13.0. The maximum atomic E-state index is 12.0. The normalized spacial score (nSPS) is 9.59. The van der Waals surface area contributed by atoms with Crippen LogP contribution >= 0.6 is 0 Å². The van der Waals surface area contributed by atoms with E-state index in [0.29, 0.717) is 16.7 Å². The van der Waals surface area contributed by atoms with Gasteiger partial charge in [0.25, 0.3) is 5.09 Å². The van der Waals surface area contributed by atoms with Crippen molar-refractivity contribution in [3.05, 3.63) is 75.3 Å². The first kappa shape index (κ1) is 15.1. The molecule has 0 saturated carbocycles. The lowest BCUT2D eigenvalue weighted by Crippen LogP contribution is -2.09. The number of ether oxygens (including phenoxy) is 1. The number of benzene rings is 2. The Morgan fingerprint density at radius 1 is 1.23 bits per heavy atom. The number of nitrogens with zero attached hydrogens (tertiary/aromatic N) is 1. The highest BCUT2D eigenvalue weighted by Crippen LogP contribution is 2.21. The van der Waals surface area contributed by atoms with E-state index in [4.69, 9.17) is 11.2 Å². The Bertz CT molecular complexity index is 734. The monoisotopic (exact) mass is 297 g/mol. The van der Waals surface area contributed by atoms with Crippen LogP contribution in [0.2, 0.25) is 0 Å². The molecule has 0 aromatic heterocycles. The second kappa shape index (κ2) is 6.90. The lowest BCUT2D eigenvalue weighted by Gasteiger charge is -2.08. The summed E-state index contributed by atoms with van der Waals surface area (Å²) in [5.74, 6) is 2.05. The minimum Gasteiger partial charge on any atom is -0.422 e. The second-order valence-corrected chi connectivity index (χ2v) is 4.23. The molecule has 0 amide bonds. The van der Waals surface area contributed by atoms with Crippen LogP contribution in [0.3, 0.4) is 0 Å². The molecule has 0 aliphatic rings. The molecule has 22 heavy (non-hydrogen) atoms. The van der Waals surface area contributed by atoms with Gasteiger partial charge in [-0.25, -0.2) is 4.79 Å². The number of carbonyl (C=O) groups excluding carboxylic acids is 1. The maximum absolute atomic E-state index is 12.0. The van der Waals surface area contributed by atoms with Gasteiger partial charge in [0, 0.05) is 0 Å². The van der Waals surface area contributed by atoms with Gasteiger partial charge in [-0.1, -0.05) is 30.2 Å². The SMILES string of the molecule is C#Cc1cc(CO[N+](=O)[O-])ccc1OC(=O)c1ccccc1. The average Bonchev–Trinajstić information content (AvgIpc) is 2.54. The van der Waals surface area contributed by atoms with Gasteiger partial charge >= 0.3 is 5.97 Å². The van der Waals surface area contributed by atoms with Gasteiger partial charge in [0.1, 0.15) is 12.4 Å². The molecule has 2 rings (SSSR count). The average molecular weight is 297 g/mol. The van der Waals surface area contributed by atoms with Crippen LogP contribution in [0, 0.1) is 22.5 Å². The van der Waals surface area contributed by atoms with E-state index < -0.39 is 11.1 Å². The first-order valence-electron chi connectivity index (χ1n) is 6.24. The van der Waals surface area contributed by atoms with Crippen molar-refractivity contribution in [2.24, 2.45) is 0 Å². The minimum absolute atomic E-state index is 0.209. The highest BCUT2D eigenvalue weighted by atomic mass is 16.9. The van der Waals surface area contributed by atoms with Crippen LogP contribution in [0.15, 0.2) is 48.5 Å². The van der Waals surface area contributed by atoms with Crippen LogP contribution < -0.4 is 4.74 Å². The largest absolute Gasteiger partial charge is 0.422 e. The first-order chi connectivity index (χ1) is 10.6. The first-order valence-corrected chi connectivity index (χ1v) is 6.24. The van der Waals surface area contributed by atoms with Gasteiger partial charge in [-0.05, 0) is 29.8 Å². The van der Waals surface area contributed by atoms with Gasteiger partial charge in [0.15, 0.2) is 0 Å². The summed E-state index contributed by atoms with van der Waals surface area (Å²) >= 11 is 0. The third-order valence-electron chi connectivity index (χ3n) is 2.75. The zero-order valence-electron chi connectivity index (χ0n) is 11.4. The quantitative estimate of drug-likeness (QED) is 0.279. The molecule has 0 spiro atoms. The maximum Gasteiger partial charge on any atom is 0.343 e. The molecule has 0 heterocycles. The molecule has 110 valence electrons. The molecule has 0 radical (unpaired) electrons. The van der Waals surface area contributed by atoms with Crippen LogP contribution in [0.1, 0.15) is 21.5 Å². The molecule has 0 N–H and O–H groups in total. The Morgan fingerprint density at radius 2 is 1.95 bits per heavy atom. The van der Waals surface area contributed by atoms with E-state index in [1.807, 2.05) is 0 Å². The predicted octanol–water partition coefficient (Wildman–Crippen LogP) is 2.60. The molecular formula is C16H11NO5. The summed E-state index contributed by atoms with van der Waals surface area (Å²) < 4.78 is 5.25. The summed E-state index contributed by atoms with van der Waals surface area (Å²) in [6.45, 7) is -0.228. The van der Waals surface area contributed by atoms with Gasteiger partial charge in [-0.2, -0.15) is 0 Å². The van der Waals surface area contributed by atoms with Crippen LogP contribution in [0.5, 0.6) is 5.75 Å². The zero-order chi connectivity index (χ0) is 15.9. The Balaban J connectivity index is 2.16. The molecular weight excluding hydrogens is 286 g/mol. The Hall–Kier alpha value is -3.33. The summed E-state index contributed by atoms with van der Waals surface area (Å²) in [6.07, 6.45) is 5.37. The number of hydrogen-bond acceptors (Lipinski definition) is 5. The molecule has 0 aliphatic carbocycles. The standard InChI is InChI=1S/C16H11NO5/c1-2-13-10-12(11-21-17(19)20)8-9-15(13)22-16(18)14-6-4-3-5-7-14/h1,3-10H,11H2. The molecule has 0 fully saturated rings. The van der Waals surface area contributed by atoms with Crippen molar-refractivity contribution in [3.8, 4) is 18.1 Å². The van der Waals surface area contributed by atoms with Crippen molar-refractivity contribution in [2.75, 3.05) is 0 Å². The van der Waals surface area contributed by atoms with Gasteiger partial charge in [0.05, 0.1) is 11.1 Å². The highest BCUT2D eigenvalue weighted by molar-refractivity contribution is 5.91. The van der Waals surface area contributed by atoms with Gasteiger partial charge < -0.3 is 9.57 Å². The van der Waals surface area contributed by atoms with Crippen molar-refractivity contribution in [1.29, 1.82) is 0 Å². The lowest BCUT2D eigenvalue weighted by molar-refractivity contribution is -0.763. The Labute approximate surface area is 126 Å². The molecule has 0 aliphatic heterocycles. The number of esters is 1.